The molecule has 3 amide bonds. The summed E-state index contributed by atoms with van der Waals surface area (Å²) in [4.78, 5) is 30.1. The Balaban J connectivity index is 1.71. The van der Waals surface area contributed by atoms with Crippen LogP contribution in [0.15, 0.2) is 11.6 Å². The van der Waals surface area contributed by atoms with Crippen molar-refractivity contribution in [3.8, 4) is 0 Å². The van der Waals surface area contributed by atoms with E-state index in [2.05, 4.69) is 15.6 Å². The molecule has 1 heterocycles. The monoisotopic (exact) mass is 324 g/mol. The molecule has 1 aliphatic rings. The van der Waals surface area contributed by atoms with Gasteiger partial charge in [-0.15, -0.1) is 11.3 Å². The fraction of sp³-hybridized carbons (Fsp3) is 0.667. The molecule has 6 nitrogen and oxygen atoms in total. The minimum Gasteiger partial charge on any atom is -0.335 e. The van der Waals surface area contributed by atoms with Crippen LogP contribution in [0, 0.1) is 0 Å². The van der Waals surface area contributed by atoms with Crippen LogP contribution in [0.4, 0.5) is 4.79 Å². The number of nitrogens with one attached hydrogen (secondary N) is 2. The average Bonchev–Trinajstić information content (AvgIpc) is 3.16. The average molecular weight is 324 g/mol. The second kappa shape index (κ2) is 8.24. The molecule has 2 rings (SSSR count). The zero-order chi connectivity index (χ0) is 15.9. The molecule has 1 saturated carbocycles. The number of carbonyl (C=O) groups excluding carboxylic acids is 2. The van der Waals surface area contributed by atoms with Crippen molar-refractivity contribution < 1.29 is 9.59 Å². The summed E-state index contributed by atoms with van der Waals surface area (Å²) < 4.78 is 0. The Bertz CT molecular complexity index is 486. The maximum atomic E-state index is 12.1. The van der Waals surface area contributed by atoms with Gasteiger partial charge >= 0.3 is 6.03 Å². The lowest BCUT2D eigenvalue weighted by Crippen LogP contribution is -2.50. The van der Waals surface area contributed by atoms with Crippen LogP contribution in [-0.2, 0) is 11.2 Å². The normalized spacial score (nSPS) is 16.7. The number of hydrogen-bond donors (Lipinski definition) is 2. The topological polar surface area (TPSA) is 74.3 Å². The van der Waals surface area contributed by atoms with Crippen LogP contribution in [0.1, 0.15) is 37.6 Å². The van der Waals surface area contributed by atoms with Gasteiger partial charge in [0.25, 0.3) is 0 Å². The molecule has 1 aromatic heterocycles. The van der Waals surface area contributed by atoms with E-state index in [0.29, 0.717) is 0 Å². The van der Waals surface area contributed by atoms with E-state index in [9.17, 15) is 9.59 Å². The van der Waals surface area contributed by atoms with Crippen LogP contribution in [-0.4, -0.2) is 47.5 Å². The van der Waals surface area contributed by atoms with Crippen molar-refractivity contribution in [2.24, 2.45) is 0 Å². The van der Waals surface area contributed by atoms with E-state index in [1.165, 1.54) is 0 Å². The maximum Gasteiger partial charge on any atom is 0.321 e. The maximum absolute atomic E-state index is 12.1. The predicted octanol–water partition coefficient (Wildman–Crippen LogP) is 1.77. The number of amides is 3. The summed E-state index contributed by atoms with van der Waals surface area (Å²) in [6.07, 6.45) is 6.89. The van der Waals surface area contributed by atoms with Crippen LogP contribution in [0.3, 0.4) is 0 Å². The third-order valence-corrected chi connectivity index (χ3v) is 4.97. The highest BCUT2D eigenvalue weighted by atomic mass is 32.1. The van der Waals surface area contributed by atoms with Gasteiger partial charge in [0.15, 0.2) is 0 Å². The fourth-order valence-electron chi connectivity index (χ4n) is 2.55. The van der Waals surface area contributed by atoms with Crippen molar-refractivity contribution in [2.75, 3.05) is 13.6 Å². The number of thiazole rings is 1. The van der Waals surface area contributed by atoms with Crippen LogP contribution >= 0.6 is 11.3 Å². The number of aromatic nitrogens is 1. The van der Waals surface area contributed by atoms with Crippen molar-refractivity contribution in [1.29, 1.82) is 0 Å². The molecule has 0 spiro atoms. The summed E-state index contributed by atoms with van der Waals surface area (Å²) in [7, 11) is 1.88. The lowest BCUT2D eigenvalue weighted by atomic mass is 10.2. The van der Waals surface area contributed by atoms with Crippen molar-refractivity contribution in [3.05, 3.63) is 16.6 Å². The van der Waals surface area contributed by atoms with Gasteiger partial charge in [-0.2, -0.15) is 0 Å². The van der Waals surface area contributed by atoms with Crippen molar-refractivity contribution >= 4 is 23.3 Å². The number of likely N-dealkylation sites (N-methyl/N-ethyl adjacent to an activating group) is 1. The van der Waals surface area contributed by atoms with Crippen LogP contribution < -0.4 is 10.6 Å². The van der Waals surface area contributed by atoms with E-state index in [1.807, 2.05) is 17.3 Å². The second-order valence-corrected chi connectivity index (χ2v) is 6.76. The first kappa shape index (κ1) is 16.9. The molecule has 1 unspecified atom stereocenters. The van der Waals surface area contributed by atoms with Gasteiger partial charge in [0.05, 0.1) is 11.0 Å². The molecule has 0 saturated heterocycles. The molecule has 0 bridgehead atoms. The van der Waals surface area contributed by atoms with Gasteiger partial charge in [-0.1, -0.05) is 12.8 Å². The third-order valence-electron chi connectivity index (χ3n) is 4.13. The molecular formula is C15H24N4O2S. The molecule has 1 aliphatic carbocycles. The number of urea groups is 1. The summed E-state index contributed by atoms with van der Waals surface area (Å²) in [5.41, 5.74) is 0. The van der Waals surface area contributed by atoms with Crippen molar-refractivity contribution in [3.63, 3.8) is 0 Å². The minimum absolute atomic E-state index is 0.214. The highest BCUT2D eigenvalue weighted by Crippen LogP contribution is 2.17. The molecule has 1 atom stereocenters. The van der Waals surface area contributed by atoms with Crippen LogP contribution in [0.2, 0.25) is 0 Å². The first-order valence-corrected chi connectivity index (χ1v) is 8.64. The minimum atomic E-state index is -0.378. The van der Waals surface area contributed by atoms with E-state index in [4.69, 9.17) is 0 Å². The molecular weight excluding hydrogens is 300 g/mol. The second-order valence-electron chi connectivity index (χ2n) is 5.78. The Labute approximate surface area is 135 Å². The highest BCUT2D eigenvalue weighted by molar-refractivity contribution is 7.09. The molecule has 1 aromatic rings. The zero-order valence-corrected chi connectivity index (χ0v) is 14.0. The van der Waals surface area contributed by atoms with Crippen LogP contribution in [0.5, 0.6) is 0 Å². The summed E-state index contributed by atoms with van der Waals surface area (Å²) in [5.74, 6) is -0.267. The standard InChI is InChI=1S/C15H24N4O2S/c1-11(19(2)9-7-13-16-8-10-22-13)14(20)18-15(21)17-12-5-3-4-6-12/h8,10-12H,3-7,9H2,1-2H3,(H2,17,18,20,21). The molecule has 2 N–H and O–H groups in total. The Morgan fingerprint density at radius 2 is 2.18 bits per heavy atom. The molecule has 1 fully saturated rings. The van der Waals surface area contributed by atoms with Gasteiger partial charge in [-0.3, -0.25) is 15.0 Å². The molecule has 0 aliphatic heterocycles. The number of carbonyl (C=O) groups is 2. The van der Waals surface area contributed by atoms with Gasteiger partial charge in [0.2, 0.25) is 5.91 Å². The highest BCUT2D eigenvalue weighted by Gasteiger charge is 2.22. The summed E-state index contributed by atoms with van der Waals surface area (Å²) in [5, 5.41) is 8.29. The number of nitrogens with zero attached hydrogens (tertiary/aromatic N) is 2. The first-order valence-electron chi connectivity index (χ1n) is 7.76. The van der Waals surface area contributed by atoms with Gasteiger partial charge in [-0.05, 0) is 26.8 Å². The largest absolute Gasteiger partial charge is 0.335 e. The van der Waals surface area contributed by atoms with E-state index < -0.39 is 0 Å². The van der Waals surface area contributed by atoms with E-state index in [0.717, 1.165) is 43.7 Å². The zero-order valence-electron chi connectivity index (χ0n) is 13.2. The number of imide groups is 1. The smallest absolute Gasteiger partial charge is 0.321 e. The van der Waals surface area contributed by atoms with Gasteiger partial charge < -0.3 is 5.32 Å². The lowest BCUT2D eigenvalue weighted by Gasteiger charge is -2.23. The van der Waals surface area contributed by atoms with E-state index in [-0.39, 0.29) is 24.0 Å². The van der Waals surface area contributed by atoms with Gasteiger partial charge in [-0.25, -0.2) is 9.78 Å². The van der Waals surface area contributed by atoms with Crippen molar-refractivity contribution in [1.82, 2.24) is 20.5 Å². The number of hydrogen-bond acceptors (Lipinski definition) is 5. The molecule has 7 heteroatoms. The number of rotatable bonds is 6. The van der Waals surface area contributed by atoms with Crippen LogP contribution in [0.25, 0.3) is 0 Å². The first-order chi connectivity index (χ1) is 10.6. The van der Waals surface area contributed by atoms with Gasteiger partial charge in [0, 0.05) is 30.6 Å². The Hall–Kier alpha value is -1.47. The predicted molar refractivity (Wildman–Crippen MR) is 86.8 cm³/mol. The Kier molecular flexibility index (Phi) is 6.33. The van der Waals surface area contributed by atoms with Crippen molar-refractivity contribution in [2.45, 2.75) is 51.1 Å². The summed E-state index contributed by atoms with van der Waals surface area (Å²) in [6, 6.07) is -0.517. The summed E-state index contributed by atoms with van der Waals surface area (Å²) >= 11 is 1.61. The lowest BCUT2D eigenvalue weighted by molar-refractivity contribution is -0.124. The summed E-state index contributed by atoms with van der Waals surface area (Å²) in [6.45, 7) is 2.53. The van der Waals surface area contributed by atoms with E-state index >= 15 is 0 Å². The fourth-order valence-corrected chi connectivity index (χ4v) is 3.16. The molecule has 0 radical (unpaired) electrons. The van der Waals surface area contributed by atoms with E-state index in [1.54, 1.807) is 24.5 Å². The quantitative estimate of drug-likeness (QED) is 0.836. The SMILES string of the molecule is CC(C(=O)NC(=O)NC1CCCC1)N(C)CCc1nccs1. The van der Waals surface area contributed by atoms with Gasteiger partial charge in [0.1, 0.15) is 0 Å². The third kappa shape index (κ3) is 5.06. The molecule has 122 valence electrons. The molecule has 22 heavy (non-hydrogen) atoms. The Morgan fingerprint density at radius 3 is 2.82 bits per heavy atom. The molecule has 0 aromatic carbocycles. The Morgan fingerprint density at radius 1 is 1.45 bits per heavy atom.